The number of nitrogens with two attached hydrogens (primary N) is 1. The lowest BCUT2D eigenvalue weighted by Gasteiger charge is -2.21. The third-order valence-electron chi connectivity index (χ3n) is 3.76. The van der Waals surface area contributed by atoms with Gasteiger partial charge in [0, 0.05) is 18.1 Å². The molecule has 1 amide bonds. The van der Waals surface area contributed by atoms with E-state index < -0.39 is 16.1 Å². The number of hydrogen-bond donors (Lipinski definition) is 2. The van der Waals surface area contributed by atoms with Crippen molar-refractivity contribution >= 4 is 27.5 Å². The second-order valence-electron chi connectivity index (χ2n) is 5.47. The van der Waals surface area contributed by atoms with E-state index in [9.17, 15) is 13.2 Å². The molecule has 8 heteroatoms. The number of likely N-dealkylation sites (tertiary alicyclic amines) is 1. The third kappa shape index (κ3) is 3.98. The fourth-order valence-corrected chi connectivity index (χ4v) is 3.79. The van der Waals surface area contributed by atoms with Gasteiger partial charge in [0.05, 0.1) is 10.9 Å². The van der Waals surface area contributed by atoms with Crippen molar-refractivity contribution in [3.63, 3.8) is 0 Å². The highest BCUT2D eigenvalue weighted by Crippen LogP contribution is 2.17. The average Bonchev–Trinajstić information content (AvgIpc) is 2.95. The molecule has 2 atom stereocenters. The number of hydrogen-bond acceptors (Lipinski definition) is 4. The molecule has 0 aliphatic carbocycles. The van der Waals surface area contributed by atoms with E-state index in [1.165, 1.54) is 24.3 Å². The van der Waals surface area contributed by atoms with Crippen molar-refractivity contribution in [3.8, 4) is 0 Å². The first-order valence-corrected chi connectivity index (χ1v) is 8.96. The molecule has 2 unspecified atom stereocenters. The normalized spacial score (nSPS) is 20.1. The molecule has 0 aromatic heterocycles. The molecule has 3 N–H and O–H groups in total. The predicted molar refractivity (Wildman–Crippen MR) is 85.0 cm³/mol. The zero-order valence-corrected chi connectivity index (χ0v) is 13.9. The number of carbonyl (C=O) groups is 1. The van der Waals surface area contributed by atoms with Crippen LogP contribution in [0.3, 0.4) is 0 Å². The summed E-state index contributed by atoms with van der Waals surface area (Å²) in [6.07, 6.45) is 0.860. The van der Waals surface area contributed by atoms with Crippen molar-refractivity contribution in [2.75, 3.05) is 19.6 Å². The third-order valence-corrected chi connectivity index (χ3v) is 5.57. The van der Waals surface area contributed by atoms with E-state index in [1.54, 1.807) is 11.8 Å². The lowest BCUT2D eigenvalue weighted by Crippen LogP contribution is -2.46. The molecule has 22 heavy (non-hydrogen) atoms. The van der Waals surface area contributed by atoms with Crippen LogP contribution in [0.25, 0.3) is 0 Å². The van der Waals surface area contributed by atoms with E-state index in [-0.39, 0.29) is 10.8 Å². The highest BCUT2D eigenvalue weighted by Gasteiger charge is 2.30. The van der Waals surface area contributed by atoms with E-state index in [4.69, 9.17) is 17.3 Å². The summed E-state index contributed by atoms with van der Waals surface area (Å²) in [6.45, 7) is 3.29. The van der Waals surface area contributed by atoms with Gasteiger partial charge in [0.25, 0.3) is 0 Å². The minimum atomic E-state index is -3.75. The Balaban J connectivity index is 2.03. The first kappa shape index (κ1) is 17.2. The van der Waals surface area contributed by atoms with Crippen LogP contribution < -0.4 is 10.5 Å². The Bertz CT molecular complexity index is 633. The molecule has 1 heterocycles. The van der Waals surface area contributed by atoms with Gasteiger partial charge in [0.1, 0.15) is 0 Å². The van der Waals surface area contributed by atoms with Gasteiger partial charge in [-0.15, -0.1) is 0 Å². The van der Waals surface area contributed by atoms with Gasteiger partial charge in [-0.25, -0.2) is 8.42 Å². The van der Waals surface area contributed by atoms with Crippen LogP contribution in [0, 0.1) is 5.92 Å². The van der Waals surface area contributed by atoms with Gasteiger partial charge < -0.3 is 10.6 Å². The molecule has 0 bridgehead atoms. The summed E-state index contributed by atoms with van der Waals surface area (Å²) in [5.41, 5.74) is 5.60. The molecule has 2 rings (SSSR count). The van der Waals surface area contributed by atoms with Gasteiger partial charge in [-0.3, -0.25) is 4.79 Å². The predicted octanol–water partition coefficient (Wildman–Crippen LogP) is 0.814. The molecule has 0 radical (unpaired) electrons. The molecule has 1 aliphatic heterocycles. The Labute approximate surface area is 135 Å². The summed E-state index contributed by atoms with van der Waals surface area (Å²) in [6, 6.07) is 4.98. The van der Waals surface area contributed by atoms with Gasteiger partial charge in [-0.05, 0) is 50.1 Å². The summed E-state index contributed by atoms with van der Waals surface area (Å²) in [5, 5.41) is 0.452. The molecular weight excluding hydrogens is 326 g/mol. The highest BCUT2D eigenvalue weighted by molar-refractivity contribution is 7.89. The summed E-state index contributed by atoms with van der Waals surface area (Å²) >= 11 is 5.75. The van der Waals surface area contributed by atoms with Gasteiger partial charge >= 0.3 is 0 Å². The van der Waals surface area contributed by atoms with Gasteiger partial charge in [-0.2, -0.15) is 4.72 Å². The number of rotatable bonds is 5. The number of benzene rings is 1. The molecule has 1 aliphatic rings. The maximum Gasteiger partial charge on any atom is 0.241 e. The molecule has 1 saturated heterocycles. The fraction of sp³-hybridized carbons (Fsp3) is 0.500. The van der Waals surface area contributed by atoms with Gasteiger partial charge in [0.2, 0.25) is 15.9 Å². The SMILES string of the molecule is CC(NS(=O)(=O)c1ccc(Cl)cc1)C(=O)N1CCC(CN)C1. The quantitative estimate of drug-likeness (QED) is 0.826. The van der Waals surface area contributed by atoms with Crippen LogP contribution >= 0.6 is 11.6 Å². The second kappa shape index (κ2) is 6.95. The van der Waals surface area contributed by atoms with Gasteiger partial charge in [0.15, 0.2) is 0 Å². The maximum absolute atomic E-state index is 12.3. The molecule has 1 aromatic rings. The smallest absolute Gasteiger partial charge is 0.241 e. The van der Waals surface area contributed by atoms with Crippen LogP contribution in [0.2, 0.25) is 5.02 Å². The fourth-order valence-electron chi connectivity index (χ4n) is 2.46. The van der Waals surface area contributed by atoms with Crippen LogP contribution in [0.5, 0.6) is 0 Å². The largest absolute Gasteiger partial charge is 0.341 e. The number of sulfonamides is 1. The maximum atomic E-state index is 12.3. The standard InChI is InChI=1S/C14H20ClN3O3S/c1-10(14(19)18-7-6-11(8-16)9-18)17-22(20,21)13-4-2-12(15)3-5-13/h2-5,10-11,17H,6-9,16H2,1H3. The van der Waals surface area contributed by atoms with E-state index in [1.807, 2.05) is 0 Å². The highest BCUT2D eigenvalue weighted by atomic mass is 35.5. The molecule has 0 saturated carbocycles. The summed E-state index contributed by atoms with van der Waals surface area (Å²) < 4.78 is 26.9. The van der Waals surface area contributed by atoms with Crippen LogP contribution in [-0.4, -0.2) is 44.9 Å². The molecule has 0 spiro atoms. The van der Waals surface area contributed by atoms with Crippen molar-refractivity contribution in [1.29, 1.82) is 0 Å². The summed E-state index contributed by atoms with van der Waals surface area (Å²) in [5.74, 6) is 0.0671. The summed E-state index contributed by atoms with van der Waals surface area (Å²) in [4.78, 5) is 14.0. The number of nitrogens with zero attached hydrogens (tertiary/aromatic N) is 1. The summed E-state index contributed by atoms with van der Waals surface area (Å²) in [7, 11) is -3.75. The van der Waals surface area contributed by atoms with Crippen LogP contribution in [0.1, 0.15) is 13.3 Å². The molecule has 1 fully saturated rings. The van der Waals surface area contributed by atoms with Crippen molar-refractivity contribution in [2.45, 2.75) is 24.3 Å². The minimum absolute atomic E-state index is 0.0813. The lowest BCUT2D eigenvalue weighted by molar-refractivity contribution is -0.131. The number of nitrogens with one attached hydrogen (secondary N) is 1. The first-order chi connectivity index (χ1) is 10.3. The Hall–Kier alpha value is -1.15. The number of carbonyl (C=O) groups excluding carboxylic acids is 1. The zero-order valence-electron chi connectivity index (χ0n) is 12.3. The monoisotopic (exact) mass is 345 g/mol. The van der Waals surface area contributed by atoms with E-state index in [0.717, 1.165) is 6.42 Å². The van der Waals surface area contributed by atoms with Crippen LogP contribution in [0.15, 0.2) is 29.2 Å². The van der Waals surface area contributed by atoms with E-state index >= 15 is 0 Å². The molecular formula is C14H20ClN3O3S. The zero-order chi connectivity index (χ0) is 16.3. The Morgan fingerprint density at radius 2 is 2.09 bits per heavy atom. The molecule has 122 valence electrons. The lowest BCUT2D eigenvalue weighted by atomic mass is 10.1. The molecule has 6 nitrogen and oxygen atoms in total. The first-order valence-electron chi connectivity index (χ1n) is 7.10. The van der Waals surface area contributed by atoms with Crippen LogP contribution in [0.4, 0.5) is 0 Å². The molecule has 1 aromatic carbocycles. The number of halogens is 1. The van der Waals surface area contributed by atoms with E-state index in [0.29, 0.717) is 30.6 Å². The van der Waals surface area contributed by atoms with Crippen LogP contribution in [-0.2, 0) is 14.8 Å². The van der Waals surface area contributed by atoms with E-state index in [2.05, 4.69) is 4.72 Å². The van der Waals surface area contributed by atoms with Crippen molar-refractivity contribution < 1.29 is 13.2 Å². The van der Waals surface area contributed by atoms with Gasteiger partial charge in [-0.1, -0.05) is 11.6 Å². The topological polar surface area (TPSA) is 92.5 Å². The van der Waals surface area contributed by atoms with Crippen molar-refractivity contribution in [2.24, 2.45) is 11.7 Å². The minimum Gasteiger partial charge on any atom is -0.341 e. The Kier molecular flexibility index (Phi) is 5.44. The average molecular weight is 346 g/mol. The second-order valence-corrected chi connectivity index (χ2v) is 7.62. The van der Waals surface area contributed by atoms with Crippen molar-refractivity contribution in [3.05, 3.63) is 29.3 Å². The number of amides is 1. The van der Waals surface area contributed by atoms with Crippen molar-refractivity contribution in [1.82, 2.24) is 9.62 Å². The Morgan fingerprint density at radius 1 is 1.45 bits per heavy atom. The Morgan fingerprint density at radius 3 is 2.64 bits per heavy atom.